The zero-order valence-corrected chi connectivity index (χ0v) is 11.4. The first kappa shape index (κ1) is 13.3. The number of aromatic nitrogens is 1. The number of anilines is 1. The number of nitrogens with zero attached hydrogens (tertiary/aromatic N) is 2. The Morgan fingerprint density at radius 1 is 1.45 bits per heavy atom. The summed E-state index contributed by atoms with van der Waals surface area (Å²) in [6.07, 6.45) is 6.05. The summed E-state index contributed by atoms with van der Waals surface area (Å²) in [7, 11) is 0. The molecule has 1 unspecified atom stereocenters. The quantitative estimate of drug-likeness (QED) is 0.645. The summed E-state index contributed by atoms with van der Waals surface area (Å²) in [6.45, 7) is 1.10. The van der Waals surface area contributed by atoms with Gasteiger partial charge < -0.3 is 20.5 Å². The zero-order valence-electron chi connectivity index (χ0n) is 11.4. The summed E-state index contributed by atoms with van der Waals surface area (Å²) < 4.78 is 11.8. The Balaban J connectivity index is 1.50. The Morgan fingerprint density at radius 3 is 3.05 bits per heavy atom. The minimum absolute atomic E-state index is 0.00261. The van der Waals surface area contributed by atoms with Crippen molar-refractivity contribution in [2.24, 2.45) is 10.7 Å². The molecule has 1 aliphatic carbocycles. The molecule has 108 valence electrons. The van der Waals surface area contributed by atoms with E-state index in [9.17, 15) is 0 Å². The van der Waals surface area contributed by atoms with Gasteiger partial charge in [0, 0.05) is 19.0 Å². The molecule has 0 amide bonds. The van der Waals surface area contributed by atoms with Crippen LogP contribution in [0.15, 0.2) is 29.4 Å². The van der Waals surface area contributed by atoms with E-state index in [-0.39, 0.29) is 11.9 Å². The zero-order chi connectivity index (χ0) is 13.8. The lowest BCUT2D eigenvalue weighted by molar-refractivity contribution is -0.160. The van der Waals surface area contributed by atoms with Crippen molar-refractivity contribution in [3.63, 3.8) is 0 Å². The lowest BCUT2D eigenvalue weighted by Crippen LogP contribution is -2.28. The number of nitrogens with one attached hydrogen (secondary N) is 1. The molecular weight excluding hydrogens is 256 g/mol. The average molecular weight is 276 g/mol. The molecular formula is C14H20N4O2. The first-order chi connectivity index (χ1) is 9.76. The van der Waals surface area contributed by atoms with Crippen molar-refractivity contribution in [1.82, 2.24) is 4.98 Å². The van der Waals surface area contributed by atoms with E-state index in [1.165, 1.54) is 12.8 Å². The second-order valence-electron chi connectivity index (χ2n) is 5.23. The molecule has 3 N–H and O–H groups in total. The highest BCUT2D eigenvalue weighted by molar-refractivity contribution is 5.91. The maximum atomic E-state index is 5.98. The fraction of sp³-hybridized carbons (Fsp3) is 0.571. The van der Waals surface area contributed by atoms with E-state index in [1.54, 1.807) is 6.20 Å². The second kappa shape index (κ2) is 5.76. The van der Waals surface area contributed by atoms with Gasteiger partial charge in [0.05, 0.1) is 13.2 Å². The van der Waals surface area contributed by atoms with Crippen LogP contribution in [0.4, 0.5) is 5.82 Å². The van der Waals surface area contributed by atoms with Gasteiger partial charge in [0.15, 0.2) is 11.7 Å². The normalized spacial score (nSPS) is 25.2. The van der Waals surface area contributed by atoms with Gasteiger partial charge in [-0.05, 0) is 25.0 Å². The Hall–Kier alpha value is -1.66. The van der Waals surface area contributed by atoms with Gasteiger partial charge in [-0.3, -0.25) is 4.99 Å². The number of guanidine groups is 1. The molecule has 0 radical (unpaired) electrons. The highest BCUT2D eigenvalue weighted by atomic mass is 16.7. The minimum Gasteiger partial charge on any atom is -0.370 e. The van der Waals surface area contributed by atoms with Crippen molar-refractivity contribution >= 4 is 11.8 Å². The number of nitrogens with two attached hydrogens (primary N) is 1. The maximum absolute atomic E-state index is 5.98. The van der Waals surface area contributed by atoms with E-state index < -0.39 is 0 Å². The third-order valence-corrected chi connectivity index (χ3v) is 3.67. The first-order valence-corrected chi connectivity index (χ1v) is 7.06. The molecule has 0 bridgehead atoms. The molecule has 1 aromatic rings. The number of pyridine rings is 1. The largest absolute Gasteiger partial charge is 0.370 e. The number of hydrogen-bond acceptors (Lipinski definition) is 4. The molecule has 0 aromatic carbocycles. The van der Waals surface area contributed by atoms with E-state index in [4.69, 9.17) is 15.2 Å². The number of hydrogen-bond donors (Lipinski definition) is 2. The topological polar surface area (TPSA) is 81.8 Å². The van der Waals surface area contributed by atoms with Gasteiger partial charge in [-0.1, -0.05) is 6.07 Å². The molecule has 2 fully saturated rings. The predicted octanol–water partition coefficient (Wildman–Crippen LogP) is 1.49. The highest BCUT2D eigenvalue weighted by Gasteiger charge is 2.43. The SMILES string of the molecule is NC(=NCC1COC2(CCCC2)O1)Nc1ccccn1. The Bertz CT molecular complexity index is 471. The summed E-state index contributed by atoms with van der Waals surface area (Å²) in [6, 6.07) is 5.58. The molecule has 6 heteroatoms. The van der Waals surface area contributed by atoms with Crippen molar-refractivity contribution in [1.29, 1.82) is 0 Å². The second-order valence-corrected chi connectivity index (χ2v) is 5.23. The van der Waals surface area contributed by atoms with Crippen molar-refractivity contribution in [2.45, 2.75) is 37.6 Å². The van der Waals surface area contributed by atoms with Crippen LogP contribution in [0.1, 0.15) is 25.7 Å². The van der Waals surface area contributed by atoms with Crippen LogP contribution >= 0.6 is 0 Å². The molecule has 2 heterocycles. The van der Waals surface area contributed by atoms with Crippen molar-refractivity contribution in [3.8, 4) is 0 Å². The van der Waals surface area contributed by atoms with Crippen LogP contribution in [0.2, 0.25) is 0 Å². The smallest absolute Gasteiger partial charge is 0.194 e. The van der Waals surface area contributed by atoms with Crippen LogP contribution < -0.4 is 11.1 Å². The predicted molar refractivity (Wildman–Crippen MR) is 76.4 cm³/mol. The Morgan fingerprint density at radius 2 is 2.30 bits per heavy atom. The summed E-state index contributed by atoms with van der Waals surface area (Å²) in [5, 5.41) is 2.95. The molecule has 6 nitrogen and oxygen atoms in total. The fourth-order valence-electron chi connectivity index (χ4n) is 2.69. The van der Waals surface area contributed by atoms with Crippen LogP contribution in [-0.2, 0) is 9.47 Å². The third-order valence-electron chi connectivity index (χ3n) is 3.67. The van der Waals surface area contributed by atoms with E-state index in [2.05, 4.69) is 15.3 Å². The number of aliphatic imine (C=N–C) groups is 1. The molecule has 1 atom stereocenters. The molecule has 1 saturated heterocycles. The maximum Gasteiger partial charge on any atom is 0.194 e. The minimum atomic E-state index is -0.330. The molecule has 20 heavy (non-hydrogen) atoms. The van der Waals surface area contributed by atoms with Crippen molar-refractivity contribution in [2.75, 3.05) is 18.5 Å². The van der Waals surface area contributed by atoms with Crippen LogP contribution in [-0.4, -0.2) is 36.0 Å². The molecule has 1 saturated carbocycles. The molecule has 1 aliphatic heterocycles. The van der Waals surface area contributed by atoms with Gasteiger partial charge in [0.25, 0.3) is 0 Å². The first-order valence-electron chi connectivity index (χ1n) is 7.06. The van der Waals surface area contributed by atoms with Gasteiger partial charge in [-0.25, -0.2) is 4.98 Å². The third kappa shape index (κ3) is 3.08. The average Bonchev–Trinajstić information content (AvgIpc) is 3.08. The van der Waals surface area contributed by atoms with Crippen molar-refractivity contribution in [3.05, 3.63) is 24.4 Å². The van der Waals surface area contributed by atoms with Gasteiger partial charge in [-0.15, -0.1) is 0 Å². The van der Waals surface area contributed by atoms with Gasteiger partial charge in [0.1, 0.15) is 11.9 Å². The Kier molecular flexibility index (Phi) is 3.84. The van der Waals surface area contributed by atoms with Crippen LogP contribution in [0.5, 0.6) is 0 Å². The highest BCUT2D eigenvalue weighted by Crippen LogP contribution is 2.39. The van der Waals surface area contributed by atoms with E-state index in [0.717, 1.165) is 12.8 Å². The van der Waals surface area contributed by atoms with E-state index in [0.29, 0.717) is 24.9 Å². The lowest BCUT2D eigenvalue weighted by atomic mass is 10.2. The summed E-state index contributed by atoms with van der Waals surface area (Å²) >= 11 is 0. The standard InChI is InChI=1S/C14H20N4O2/c15-13(18-12-5-1-4-8-16-12)17-9-11-10-19-14(20-11)6-2-3-7-14/h1,4-5,8,11H,2-3,6-7,9-10H2,(H3,15,16,17,18). The van der Waals surface area contributed by atoms with Gasteiger partial charge >= 0.3 is 0 Å². The van der Waals surface area contributed by atoms with Crippen LogP contribution in [0.25, 0.3) is 0 Å². The van der Waals surface area contributed by atoms with Gasteiger partial charge in [0.2, 0.25) is 0 Å². The Labute approximate surface area is 118 Å². The summed E-state index contributed by atoms with van der Waals surface area (Å²) in [4.78, 5) is 8.42. The fourth-order valence-corrected chi connectivity index (χ4v) is 2.69. The monoisotopic (exact) mass is 276 g/mol. The number of ether oxygens (including phenoxy) is 2. The summed E-state index contributed by atoms with van der Waals surface area (Å²) in [5.74, 6) is 0.702. The van der Waals surface area contributed by atoms with E-state index >= 15 is 0 Å². The van der Waals surface area contributed by atoms with Crippen LogP contribution in [0, 0.1) is 0 Å². The molecule has 2 aliphatic rings. The molecule has 1 aromatic heterocycles. The molecule has 1 spiro atoms. The van der Waals surface area contributed by atoms with Crippen molar-refractivity contribution < 1.29 is 9.47 Å². The number of rotatable bonds is 3. The molecule has 3 rings (SSSR count). The van der Waals surface area contributed by atoms with Gasteiger partial charge in [-0.2, -0.15) is 0 Å². The van der Waals surface area contributed by atoms with E-state index in [1.807, 2.05) is 18.2 Å². The lowest BCUT2D eigenvalue weighted by Gasteiger charge is -2.21. The summed E-state index contributed by atoms with van der Waals surface area (Å²) in [5.41, 5.74) is 5.83. The van der Waals surface area contributed by atoms with Crippen LogP contribution in [0.3, 0.4) is 0 Å².